The standard InChI is InChI=1S/C25H25N5O2S2/c1-16-7-4-9-19(13-16)27-23(31)15-34-25-29-28-22(14-26-24(32)21-11-6-12-33-21)30(25)20-10-5-8-17(2)18(20)3/h4-13H,14-15H2,1-3H3,(H,26,32)(H,27,31). The number of hydrogen-bond acceptors (Lipinski definition) is 6. The van der Waals surface area contributed by atoms with Gasteiger partial charge in [-0.3, -0.25) is 14.2 Å². The Kier molecular flexibility index (Phi) is 7.44. The van der Waals surface area contributed by atoms with Crippen LogP contribution in [0.25, 0.3) is 5.69 Å². The summed E-state index contributed by atoms with van der Waals surface area (Å²) in [5.41, 5.74) is 4.98. The molecule has 0 spiro atoms. The third-order valence-corrected chi connectivity index (χ3v) is 7.10. The highest BCUT2D eigenvalue weighted by Gasteiger charge is 2.19. The third kappa shape index (κ3) is 5.55. The Hall–Kier alpha value is -3.43. The number of carbonyl (C=O) groups is 2. The van der Waals surface area contributed by atoms with E-state index in [9.17, 15) is 9.59 Å². The summed E-state index contributed by atoms with van der Waals surface area (Å²) in [5, 5.41) is 17.0. The number of rotatable bonds is 8. The summed E-state index contributed by atoms with van der Waals surface area (Å²) in [4.78, 5) is 25.7. The topological polar surface area (TPSA) is 88.9 Å². The average Bonchev–Trinajstić information content (AvgIpc) is 3.48. The second-order valence-corrected chi connectivity index (χ2v) is 9.71. The fourth-order valence-electron chi connectivity index (χ4n) is 3.43. The third-order valence-electron chi connectivity index (χ3n) is 5.30. The van der Waals surface area contributed by atoms with Crippen LogP contribution < -0.4 is 10.6 Å². The van der Waals surface area contributed by atoms with Crippen LogP contribution in [0.5, 0.6) is 0 Å². The molecule has 2 aromatic heterocycles. The molecule has 4 aromatic rings. The van der Waals surface area contributed by atoms with E-state index in [0.717, 1.165) is 28.1 Å². The van der Waals surface area contributed by atoms with Crippen LogP contribution in [0.1, 0.15) is 32.2 Å². The normalized spacial score (nSPS) is 10.8. The molecule has 0 aliphatic carbocycles. The van der Waals surface area contributed by atoms with Gasteiger partial charge in [0, 0.05) is 5.69 Å². The SMILES string of the molecule is Cc1cccc(NC(=O)CSc2nnc(CNC(=O)c3cccs3)n2-c2cccc(C)c2C)c1. The van der Waals surface area contributed by atoms with Crippen LogP contribution in [0.2, 0.25) is 0 Å². The highest BCUT2D eigenvalue weighted by molar-refractivity contribution is 7.99. The van der Waals surface area contributed by atoms with Crippen molar-refractivity contribution in [3.8, 4) is 5.69 Å². The molecule has 0 fully saturated rings. The van der Waals surface area contributed by atoms with Gasteiger partial charge < -0.3 is 10.6 Å². The van der Waals surface area contributed by atoms with E-state index >= 15 is 0 Å². The molecule has 9 heteroatoms. The number of aryl methyl sites for hydroxylation is 2. The highest BCUT2D eigenvalue weighted by atomic mass is 32.2. The number of hydrogen-bond donors (Lipinski definition) is 2. The van der Waals surface area contributed by atoms with Crippen LogP contribution >= 0.6 is 23.1 Å². The summed E-state index contributed by atoms with van der Waals surface area (Å²) in [7, 11) is 0. The van der Waals surface area contributed by atoms with E-state index in [2.05, 4.69) is 20.8 Å². The van der Waals surface area contributed by atoms with E-state index in [-0.39, 0.29) is 24.1 Å². The molecule has 0 saturated heterocycles. The molecule has 2 heterocycles. The van der Waals surface area contributed by atoms with Crippen molar-refractivity contribution in [1.29, 1.82) is 0 Å². The number of benzene rings is 2. The molecule has 0 aliphatic rings. The average molecular weight is 492 g/mol. The Bertz CT molecular complexity index is 1310. The number of nitrogens with one attached hydrogen (secondary N) is 2. The van der Waals surface area contributed by atoms with E-state index in [0.29, 0.717) is 15.9 Å². The lowest BCUT2D eigenvalue weighted by Gasteiger charge is -2.14. The number of carbonyl (C=O) groups excluding carboxylic acids is 2. The number of amides is 2. The van der Waals surface area contributed by atoms with Crippen LogP contribution in [0.3, 0.4) is 0 Å². The Labute approximate surface area is 206 Å². The summed E-state index contributed by atoms with van der Waals surface area (Å²) in [6, 6.07) is 17.3. The summed E-state index contributed by atoms with van der Waals surface area (Å²) in [5.74, 6) is 0.495. The number of thiophene rings is 1. The van der Waals surface area contributed by atoms with Crippen molar-refractivity contribution in [1.82, 2.24) is 20.1 Å². The quantitative estimate of drug-likeness (QED) is 0.342. The minimum Gasteiger partial charge on any atom is -0.344 e. The van der Waals surface area contributed by atoms with Crippen molar-refractivity contribution < 1.29 is 9.59 Å². The van der Waals surface area contributed by atoms with Crippen molar-refractivity contribution in [2.75, 3.05) is 11.1 Å². The van der Waals surface area contributed by atoms with Crippen LogP contribution in [-0.4, -0.2) is 32.3 Å². The summed E-state index contributed by atoms with van der Waals surface area (Å²) in [6.45, 7) is 6.28. The minimum atomic E-state index is -0.155. The molecule has 2 N–H and O–H groups in total. The van der Waals surface area contributed by atoms with Crippen molar-refractivity contribution in [3.63, 3.8) is 0 Å². The summed E-state index contributed by atoms with van der Waals surface area (Å²) < 4.78 is 1.92. The molecule has 34 heavy (non-hydrogen) atoms. The van der Waals surface area contributed by atoms with Gasteiger partial charge in [-0.05, 0) is 67.1 Å². The number of anilines is 1. The van der Waals surface area contributed by atoms with E-state index in [1.54, 1.807) is 6.07 Å². The molecule has 174 valence electrons. The van der Waals surface area contributed by atoms with E-state index < -0.39 is 0 Å². The van der Waals surface area contributed by atoms with Gasteiger partial charge in [0.05, 0.1) is 22.9 Å². The number of thioether (sulfide) groups is 1. The lowest BCUT2D eigenvalue weighted by Crippen LogP contribution is -2.24. The van der Waals surface area contributed by atoms with E-state index in [4.69, 9.17) is 0 Å². The maximum atomic E-state index is 12.6. The van der Waals surface area contributed by atoms with Gasteiger partial charge in [-0.1, -0.05) is 42.1 Å². The smallest absolute Gasteiger partial charge is 0.261 e. The molecule has 0 radical (unpaired) electrons. The first kappa shape index (κ1) is 23.7. The molecule has 2 aromatic carbocycles. The lowest BCUT2D eigenvalue weighted by molar-refractivity contribution is -0.113. The second-order valence-electron chi connectivity index (χ2n) is 7.82. The molecule has 7 nitrogen and oxygen atoms in total. The predicted molar refractivity (Wildman–Crippen MR) is 137 cm³/mol. The number of nitrogens with zero attached hydrogens (tertiary/aromatic N) is 3. The molecule has 0 bridgehead atoms. The van der Waals surface area contributed by atoms with Gasteiger partial charge >= 0.3 is 0 Å². The molecule has 0 aliphatic heterocycles. The predicted octanol–water partition coefficient (Wildman–Crippen LogP) is 4.91. The molecule has 0 saturated carbocycles. The van der Waals surface area contributed by atoms with E-state index in [1.165, 1.54) is 23.1 Å². The first-order chi connectivity index (χ1) is 16.4. The lowest BCUT2D eigenvalue weighted by atomic mass is 10.1. The highest BCUT2D eigenvalue weighted by Crippen LogP contribution is 2.26. The fraction of sp³-hybridized carbons (Fsp3) is 0.200. The Balaban J connectivity index is 1.54. The maximum Gasteiger partial charge on any atom is 0.261 e. The van der Waals surface area contributed by atoms with Gasteiger partial charge in [-0.2, -0.15) is 0 Å². The monoisotopic (exact) mass is 491 g/mol. The zero-order chi connectivity index (χ0) is 24.1. The van der Waals surface area contributed by atoms with Crippen molar-refractivity contribution >= 4 is 40.6 Å². The number of aromatic nitrogens is 3. The zero-order valence-corrected chi connectivity index (χ0v) is 20.8. The molecule has 0 unspecified atom stereocenters. The van der Waals surface area contributed by atoms with Crippen molar-refractivity contribution in [3.05, 3.63) is 87.4 Å². The van der Waals surface area contributed by atoms with Crippen LogP contribution in [-0.2, 0) is 11.3 Å². The van der Waals surface area contributed by atoms with Crippen LogP contribution in [0.4, 0.5) is 5.69 Å². The van der Waals surface area contributed by atoms with Gasteiger partial charge in [0.2, 0.25) is 5.91 Å². The Morgan fingerprint density at radius 1 is 1.03 bits per heavy atom. The molecule has 2 amide bonds. The van der Waals surface area contributed by atoms with Gasteiger partial charge in [-0.15, -0.1) is 21.5 Å². The largest absolute Gasteiger partial charge is 0.344 e. The first-order valence-electron chi connectivity index (χ1n) is 10.7. The molecule has 4 rings (SSSR count). The van der Waals surface area contributed by atoms with E-state index in [1.807, 2.05) is 79.2 Å². The van der Waals surface area contributed by atoms with Crippen LogP contribution in [0.15, 0.2) is 65.1 Å². The van der Waals surface area contributed by atoms with Crippen molar-refractivity contribution in [2.45, 2.75) is 32.5 Å². The molecular formula is C25H25N5O2S2. The minimum absolute atomic E-state index is 0.126. The second kappa shape index (κ2) is 10.7. The van der Waals surface area contributed by atoms with Crippen molar-refractivity contribution in [2.24, 2.45) is 0 Å². The summed E-state index contributed by atoms with van der Waals surface area (Å²) >= 11 is 2.69. The summed E-state index contributed by atoms with van der Waals surface area (Å²) in [6.07, 6.45) is 0. The van der Waals surface area contributed by atoms with Gasteiger partial charge in [0.1, 0.15) is 0 Å². The maximum absolute atomic E-state index is 12.6. The Morgan fingerprint density at radius 3 is 2.62 bits per heavy atom. The van der Waals surface area contributed by atoms with Gasteiger partial charge in [0.15, 0.2) is 11.0 Å². The van der Waals surface area contributed by atoms with Gasteiger partial charge in [0.25, 0.3) is 5.91 Å². The first-order valence-corrected chi connectivity index (χ1v) is 12.6. The van der Waals surface area contributed by atoms with Crippen LogP contribution in [0, 0.1) is 20.8 Å². The molecule has 0 atom stereocenters. The zero-order valence-electron chi connectivity index (χ0n) is 19.2. The fourth-order valence-corrected chi connectivity index (χ4v) is 4.84. The molecular weight excluding hydrogens is 466 g/mol. The van der Waals surface area contributed by atoms with Gasteiger partial charge in [-0.25, -0.2) is 0 Å². The Morgan fingerprint density at radius 2 is 1.85 bits per heavy atom.